The minimum Gasteiger partial charge on any atom is -0.444 e. The molecule has 23 heavy (non-hydrogen) atoms. The molecule has 0 spiro atoms. The molecule has 1 aliphatic rings. The molecule has 1 saturated heterocycles. The van der Waals surface area contributed by atoms with Gasteiger partial charge < -0.3 is 14.1 Å². The number of nitrogens with zero attached hydrogens (tertiary/aromatic N) is 1. The van der Waals surface area contributed by atoms with Gasteiger partial charge in [-0.3, -0.25) is 0 Å². The topological polar surface area (TPSA) is 38.8 Å². The van der Waals surface area contributed by atoms with Crippen molar-refractivity contribution in [1.82, 2.24) is 4.90 Å². The van der Waals surface area contributed by atoms with Gasteiger partial charge in [0.1, 0.15) is 5.60 Å². The van der Waals surface area contributed by atoms with Gasteiger partial charge in [0, 0.05) is 25.6 Å². The van der Waals surface area contributed by atoms with Crippen molar-refractivity contribution in [3.63, 3.8) is 0 Å². The van der Waals surface area contributed by atoms with Crippen LogP contribution in [0.5, 0.6) is 0 Å². The summed E-state index contributed by atoms with van der Waals surface area (Å²) < 4.78 is 11.8. The van der Waals surface area contributed by atoms with E-state index in [0.29, 0.717) is 19.7 Å². The summed E-state index contributed by atoms with van der Waals surface area (Å²) in [4.78, 5) is 14.1. The molecule has 1 atom stereocenters. The highest BCUT2D eigenvalue weighted by molar-refractivity contribution is 6.74. The van der Waals surface area contributed by atoms with Gasteiger partial charge in [-0.05, 0) is 45.3 Å². The van der Waals surface area contributed by atoms with Crippen LogP contribution in [0.25, 0.3) is 0 Å². The van der Waals surface area contributed by atoms with Gasteiger partial charge in [0.25, 0.3) is 0 Å². The van der Waals surface area contributed by atoms with Crippen molar-refractivity contribution < 1.29 is 14.0 Å². The maximum atomic E-state index is 12.3. The number of rotatable bonds is 3. The Balaban J connectivity index is 2.65. The van der Waals surface area contributed by atoms with E-state index in [-0.39, 0.29) is 17.0 Å². The zero-order valence-corrected chi connectivity index (χ0v) is 17.3. The number of ether oxygens (including phenoxy) is 1. The molecule has 1 aliphatic heterocycles. The van der Waals surface area contributed by atoms with Gasteiger partial charge in [0.05, 0.1) is 0 Å². The monoisotopic (exact) mass is 341 g/mol. The van der Waals surface area contributed by atoms with Crippen molar-refractivity contribution in [2.24, 2.45) is 5.92 Å². The van der Waals surface area contributed by atoms with E-state index in [1.54, 1.807) is 4.90 Å². The third kappa shape index (κ3) is 5.96. The van der Waals surface area contributed by atoms with E-state index in [1.165, 1.54) is 5.57 Å². The molecule has 0 aromatic heterocycles. The van der Waals surface area contributed by atoms with Crippen molar-refractivity contribution in [2.45, 2.75) is 71.7 Å². The predicted molar refractivity (Wildman–Crippen MR) is 98.2 cm³/mol. The van der Waals surface area contributed by atoms with Gasteiger partial charge in [-0.15, -0.1) is 0 Å². The highest BCUT2D eigenvalue weighted by atomic mass is 28.4. The van der Waals surface area contributed by atoms with Crippen LogP contribution >= 0.6 is 0 Å². The molecule has 1 fully saturated rings. The van der Waals surface area contributed by atoms with Crippen LogP contribution in [-0.4, -0.2) is 44.6 Å². The minimum atomic E-state index is -1.78. The molecule has 0 aliphatic carbocycles. The summed E-state index contributed by atoms with van der Waals surface area (Å²) in [5.41, 5.74) is 0.724. The fraction of sp³-hybridized carbons (Fsp3) is 0.833. The van der Waals surface area contributed by atoms with Gasteiger partial charge in [0.15, 0.2) is 8.32 Å². The van der Waals surface area contributed by atoms with Crippen LogP contribution in [0.2, 0.25) is 18.1 Å². The zero-order valence-electron chi connectivity index (χ0n) is 16.3. The number of amides is 1. The quantitative estimate of drug-likeness (QED) is 0.545. The van der Waals surface area contributed by atoms with Crippen molar-refractivity contribution >= 4 is 14.4 Å². The molecule has 1 rings (SSSR count). The minimum absolute atomic E-state index is 0.188. The summed E-state index contributed by atoms with van der Waals surface area (Å²) in [6, 6.07) is 0. The maximum absolute atomic E-state index is 12.3. The summed E-state index contributed by atoms with van der Waals surface area (Å²) in [5.74, 6) is 0.199. The third-order valence-corrected chi connectivity index (χ3v) is 9.32. The molecule has 0 saturated carbocycles. The largest absolute Gasteiger partial charge is 0.444 e. The lowest BCUT2D eigenvalue weighted by molar-refractivity contribution is 0.0184. The van der Waals surface area contributed by atoms with E-state index in [9.17, 15) is 4.79 Å². The van der Waals surface area contributed by atoms with E-state index in [4.69, 9.17) is 9.16 Å². The first-order valence-electron chi connectivity index (χ1n) is 8.52. The van der Waals surface area contributed by atoms with Crippen LogP contribution < -0.4 is 0 Å². The normalized spacial score (nSPS) is 20.6. The van der Waals surface area contributed by atoms with Gasteiger partial charge >= 0.3 is 6.09 Å². The summed E-state index contributed by atoms with van der Waals surface area (Å²) in [6.07, 6.45) is 0.590. The zero-order chi connectivity index (χ0) is 18.1. The molecule has 1 amide bonds. The van der Waals surface area contributed by atoms with Gasteiger partial charge in [-0.1, -0.05) is 32.9 Å². The number of likely N-dealkylation sites (tertiary alicyclic amines) is 1. The number of piperidine rings is 1. The molecule has 5 heteroatoms. The Labute approximate surface area is 143 Å². The van der Waals surface area contributed by atoms with E-state index in [1.807, 2.05) is 20.8 Å². The lowest BCUT2D eigenvalue weighted by atomic mass is 9.94. The number of hydrogen-bond donors (Lipinski definition) is 0. The molecular weight excluding hydrogens is 306 g/mol. The molecule has 1 heterocycles. The SMILES string of the molecule is C=C1CCN(C(=O)OC(C)(C)C)CC1CO[Si](C)(C)C(C)(C)C. The number of carbonyl (C=O) groups excluding carboxylic acids is 1. The van der Waals surface area contributed by atoms with E-state index < -0.39 is 13.9 Å². The highest BCUT2D eigenvalue weighted by Crippen LogP contribution is 2.37. The average molecular weight is 342 g/mol. The van der Waals surface area contributed by atoms with Crippen molar-refractivity contribution in [2.75, 3.05) is 19.7 Å². The Kier molecular flexibility index (Phi) is 6.13. The van der Waals surface area contributed by atoms with Crippen LogP contribution in [-0.2, 0) is 9.16 Å². The molecule has 4 nitrogen and oxygen atoms in total. The Morgan fingerprint density at radius 3 is 2.30 bits per heavy atom. The summed E-state index contributed by atoms with van der Waals surface area (Å²) in [6.45, 7) is 23.1. The first kappa shape index (κ1) is 20.2. The third-order valence-electron chi connectivity index (χ3n) is 4.82. The second-order valence-corrected chi connectivity index (χ2v) is 13.9. The summed E-state index contributed by atoms with van der Waals surface area (Å²) in [7, 11) is -1.78. The Morgan fingerprint density at radius 2 is 1.83 bits per heavy atom. The van der Waals surface area contributed by atoms with E-state index in [0.717, 1.165) is 6.42 Å². The van der Waals surface area contributed by atoms with Gasteiger partial charge in [-0.25, -0.2) is 4.79 Å². The lowest BCUT2D eigenvalue weighted by Crippen LogP contribution is -2.47. The second-order valence-electron chi connectivity index (χ2n) is 9.10. The van der Waals surface area contributed by atoms with Crippen molar-refractivity contribution in [3.8, 4) is 0 Å². The van der Waals surface area contributed by atoms with Crippen LogP contribution in [0, 0.1) is 5.92 Å². The van der Waals surface area contributed by atoms with Gasteiger partial charge in [-0.2, -0.15) is 0 Å². The molecule has 0 aromatic carbocycles. The summed E-state index contributed by atoms with van der Waals surface area (Å²) in [5, 5.41) is 0.188. The smallest absolute Gasteiger partial charge is 0.410 e. The maximum Gasteiger partial charge on any atom is 0.410 e. The predicted octanol–water partition coefficient (Wildman–Crippen LogP) is 4.82. The van der Waals surface area contributed by atoms with E-state index >= 15 is 0 Å². The molecule has 0 aromatic rings. The first-order chi connectivity index (χ1) is 10.2. The van der Waals surface area contributed by atoms with E-state index in [2.05, 4.69) is 40.4 Å². The van der Waals surface area contributed by atoms with Gasteiger partial charge in [0.2, 0.25) is 0 Å². The number of hydrogen-bond acceptors (Lipinski definition) is 3. The molecule has 0 bridgehead atoms. The Morgan fingerprint density at radius 1 is 1.26 bits per heavy atom. The Bertz CT molecular complexity index is 446. The van der Waals surface area contributed by atoms with Crippen LogP contribution in [0.4, 0.5) is 4.79 Å². The van der Waals surface area contributed by atoms with Crippen molar-refractivity contribution in [3.05, 3.63) is 12.2 Å². The molecule has 1 unspecified atom stereocenters. The highest BCUT2D eigenvalue weighted by Gasteiger charge is 2.38. The fourth-order valence-electron chi connectivity index (χ4n) is 2.16. The van der Waals surface area contributed by atoms with Crippen LogP contribution in [0.15, 0.2) is 12.2 Å². The van der Waals surface area contributed by atoms with Crippen LogP contribution in [0.1, 0.15) is 48.0 Å². The Hall–Kier alpha value is -0.813. The summed E-state index contributed by atoms with van der Waals surface area (Å²) >= 11 is 0. The molecule has 0 N–H and O–H groups in total. The first-order valence-corrected chi connectivity index (χ1v) is 11.4. The average Bonchev–Trinajstić information content (AvgIpc) is 2.34. The molecular formula is C18H35NO3Si. The second kappa shape index (κ2) is 6.97. The molecule has 134 valence electrons. The lowest BCUT2D eigenvalue weighted by Gasteiger charge is -2.40. The fourth-order valence-corrected chi connectivity index (χ4v) is 3.21. The van der Waals surface area contributed by atoms with Crippen LogP contribution in [0.3, 0.4) is 0 Å². The van der Waals surface area contributed by atoms with Crippen molar-refractivity contribution in [1.29, 1.82) is 0 Å². The molecule has 0 radical (unpaired) electrons. The standard InChI is InChI=1S/C18H35NO3Si/c1-14-10-11-19(16(20)22-17(2,3)4)12-15(14)13-21-23(8,9)18(5,6)7/h15H,1,10-13H2,2-9H3. The number of carbonyl (C=O) groups is 1.